The van der Waals surface area contributed by atoms with Crippen LogP contribution in [0.3, 0.4) is 0 Å². The minimum Gasteiger partial charge on any atom is -0.443 e. The second-order valence-corrected chi connectivity index (χ2v) is 9.08. The Hall–Kier alpha value is -2.94. The normalized spacial score (nSPS) is 12.8. The minimum absolute atomic E-state index is 0.298. The average Bonchev–Trinajstić information content (AvgIpc) is 3.06. The van der Waals surface area contributed by atoms with E-state index in [0.29, 0.717) is 22.3 Å². The van der Waals surface area contributed by atoms with E-state index in [1.165, 1.54) is 6.33 Å². The lowest BCUT2D eigenvalue weighted by Gasteiger charge is -2.19. The summed E-state index contributed by atoms with van der Waals surface area (Å²) < 4.78 is 20.0. The number of benzene rings is 1. The number of amides is 1. The highest BCUT2D eigenvalue weighted by atomic mass is 32.2. The van der Waals surface area contributed by atoms with Crippen molar-refractivity contribution < 1.29 is 13.7 Å². The SMILES string of the molecule is CC(C)c1c[nH]c2ncnc(Nc3cccc(S(=O)NC(=O)OC(C)(C)C)c3)c12. The number of anilines is 2. The number of fused-ring (bicyclic) bond motifs is 1. The number of hydrogen-bond donors (Lipinski definition) is 3. The number of ether oxygens (including phenoxy) is 1. The van der Waals surface area contributed by atoms with Gasteiger partial charge in [0.25, 0.3) is 0 Å². The topological polar surface area (TPSA) is 109 Å². The van der Waals surface area contributed by atoms with Crippen LogP contribution in [-0.2, 0) is 15.7 Å². The van der Waals surface area contributed by atoms with E-state index in [4.69, 9.17) is 4.74 Å². The average molecular weight is 416 g/mol. The Bertz CT molecular complexity index is 1060. The molecule has 3 rings (SSSR count). The minimum atomic E-state index is -1.75. The van der Waals surface area contributed by atoms with Gasteiger partial charge in [0.2, 0.25) is 0 Å². The van der Waals surface area contributed by atoms with Crippen molar-refractivity contribution in [1.82, 2.24) is 19.7 Å². The fourth-order valence-corrected chi connectivity index (χ4v) is 3.54. The van der Waals surface area contributed by atoms with Crippen LogP contribution >= 0.6 is 0 Å². The van der Waals surface area contributed by atoms with Crippen molar-refractivity contribution in [3.8, 4) is 0 Å². The molecule has 2 aromatic heterocycles. The second-order valence-electron chi connectivity index (χ2n) is 7.87. The first-order valence-electron chi connectivity index (χ1n) is 9.24. The van der Waals surface area contributed by atoms with Crippen LogP contribution in [0.2, 0.25) is 0 Å². The molecule has 9 heteroatoms. The Morgan fingerprint density at radius 1 is 1.24 bits per heavy atom. The molecule has 0 saturated carbocycles. The maximum Gasteiger partial charge on any atom is 0.419 e. The van der Waals surface area contributed by atoms with Crippen LogP contribution in [0.5, 0.6) is 0 Å². The van der Waals surface area contributed by atoms with Crippen LogP contribution in [-0.4, -0.2) is 30.9 Å². The van der Waals surface area contributed by atoms with Crippen LogP contribution in [0, 0.1) is 0 Å². The van der Waals surface area contributed by atoms with E-state index < -0.39 is 22.7 Å². The van der Waals surface area contributed by atoms with Gasteiger partial charge < -0.3 is 15.0 Å². The van der Waals surface area contributed by atoms with Crippen LogP contribution in [0.25, 0.3) is 11.0 Å². The van der Waals surface area contributed by atoms with Gasteiger partial charge in [0.15, 0.2) is 11.0 Å². The monoisotopic (exact) mass is 415 g/mol. The number of nitrogens with zero attached hydrogens (tertiary/aromatic N) is 2. The molecule has 1 aromatic carbocycles. The maximum atomic E-state index is 12.5. The molecule has 1 atom stereocenters. The summed E-state index contributed by atoms with van der Waals surface area (Å²) in [4.78, 5) is 24.1. The second kappa shape index (κ2) is 8.20. The third-order valence-electron chi connectivity index (χ3n) is 4.01. The highest BCUT2D eigenvalue weighted by Gasteiger charge is 2.19. The molecule has 0 spiro atoms. The molecule has 0 aliphatic heterocycles. The van der Waals surface area contributed by atoms with Gasteiger partial charge in [-0.05, 0) is 50.5 Å². The summed E-state index contributed by atoms with van der Waals surface area (Å²) in [5, 5.41) is 4.18. The third-order valence-corrected chi connectivity index (χ3v) is 5.04. The molecule has 8 nitrogen and oxygen atoms in total. The summed E-state index contributed by atoms with van der Waals surface area (Å²) in [5.74, 6) is 0.954. The molecule has 1 amide bonds. The zero-order valence-corrected chi connectivity index (χ0v) is 17.9. The lowest BCUT2D eigenvalue weighted by atomic mass is 10.0. The lowest BCUT2D eigenvalue weighted by molar-refractivity contribution is 0.0572. The first-order chi connectivity index (χ1) is 13.6. The van der Waals surface area contributed by atoms with Crippen molar-refractivity contribution in [1.29, 1.82) is 0 Å². The Morgan fingerprint density at radius 2 is 2.00 bits per heavy atom. The van der Waals surface area contributed by atoms with E-state index in [1.807, 2.05) is 12.3 Å². The first kappa shape index (κ1) is 20.8. The van der Waals surface area contributed by atoms with Crippen LogP contribution in [0.4, 0.5) is 16.3 Å². The zero-order chi connectivity index (χ0) is 21.2. The van der Waals surface area contributed by atoms with Gasteiger partial charge in [-0.2, -0.15) is 0 Å². The predicted molar refractivity (Wildman–Crippen MR) is 113 cm³/mol. The molecule has 0 saturated heterocycles. The van der Waals surface area contributed by atoms with Crippen molar-refractivity contribution in [2.45, 2.75) is 51.0 Å². The molecular formula is C20H25N5O3S. The summed E-state index contributed by atoms with van der Waals surface area (Å²) in [6.45, 7) is 9.44. The van der Waals surface area contributed by atoms with E-state index in [2.05, 4.69) is 38.8 Å². The number of aromatic nitrogens is 3. The highest BCUT2D eigenvalue weighted by molar-refractivity contribution is 7.83. The van der Waals surface area contributed by atoms with E-state index in [0.717, 1.165) is 16.6 Å². The molecule has 154 valence electrons. The molecule has 0 aliphatic carbocycles. The van der Waals surface area contributed by atoms with Crippen molar-refractivity contribution >= 4 is 39.6 Å². The quantitative estimate of drug-likeness (QED) is 0.571. The highest BCUT2D eigenvalue weighted by Crippen LogP contribution is 2.30. The Kier molecular flexibility index (Phi) is 5.88. The van der Waals surface area contributed by atoms with E-state index in [9.17, 15) is 9.00 Å². The molecule has 2 heterocycles. The first-order valence-corrected chi connectivity index (χ1v) is 10.4. The molecule has 3 aromatic rings. The Labute approximate surface area is 172 Å². The fraction of sp³-hybridized carbons (Fsp3) is 0.350. The molecular weight excluding hydrogens is 390 g/mol. The van der Waals surface area contributed by atoms with Gasteiger partial charge in [-0.1, -0.05) is 19.9 Å². The number of rotatable bonds is 5. The number of nitrogens with one attached hydrogen (secondary N) is 3. The molecule has 29 heavy (non-hydrogen) atoms. The third kappa shape index (κ3) is 5.11. The summed E-state index contributed by atoms with van der Waals surface area (Å²) in [7, 11) is -1.75. The summed E-state index contributed by atoms with van der Waals surface area (Å²) >= 11 is 0. The van der Waals surface area contributed by atoms with Crippen LogP contribution in [0.1, 0.15) is 46.1 Å². The van der Waals surface area contributed by atoms with Crippen molar-refractivity contribution in [2.24, 2.45) is 0 Å². The summed E-state index contributed by atoms with van der Waals surface area (Å²) in [6.07, 6.45) is 2.68. The number of carbonyl (C=O) groups is 1. The molecule has 0 radical (unpaired) electrons. The van der Waals surface area contributed by atoms with Gasteiger partial charge in [0, 0.05) is 11.9 Å². The molecule has 0 bridgehead atoms. The predicted octanol–water partition coefficient (Wildman–Crippen LogP) is 4.37. The number of H-pyrrole nitrogens is 1. The molecule has 1 unspecified atom stereocenters. The van der Waals surface area contributed by atoms with Crippen molar-refractivity contribution in [2.75, 3.05) is 5.32 Å². The Morgan fingerprint density at radius 3 is 2.69 bits per heavy atom. The van der Waals surface area contributed by atoms with Gasteiger partial charge in [0.05, 0.1) is 10.3 Å². The van der Waals surface area contributed by atoms with Gasteiger partial charge in [0.1, 0.15) is 23.4 Å². The van der Waals surface area contributed by atoms with E-state index in [1.54, 1.807) is 39.0 Å². The molecule has 0 fully saturated rings. The Balaban J connectivity index is 1.82. The van der Waals surface area contributed by atoms with Crippen LogP contribution < -0.4 is 10.0 Å². The van der Waals surface area contributed by atoms with E-state index in [-0.39, 0.29) is 0 Å². The molecule has 0 aliphatic rings. The largest absolute Gasteiger partial charge is 0.443 e. The number of aromatic amines is 1. The van der Waals surface area contributed by atoms with Crippen LogP contribution in [0.15, 0.2) is 41.7 Å². The number of hydrogen-bond acceptors (Lipinski definition) is 6. The number of carbonyl (C=O) groups excluding carboxylic acids is 1. The molecule has 3 N–H and O–H groups in total. The fourth-order valence-electron chi connectivity index (χ4n) is 2.80. The summed E-state index contributed by atoms with van der Waals surface area (Å²) in [5.41, 5.74) is 1.88. The van der Waals surface area contributed by atoms with Gasteiger partial charge >= 0.3 is 6.09 Å². The summed E-state index contributed by atoms with van der Waals surface area (Å²) in [6, 6.07) is 6.96. The lowest BCUT2D eigenvalue weighted by Crippen LogP contribution is -2.33. The van der Waals surface area contributed by atoms with Crippen molar-refractivity contribution in [3.05, 3.63) is 42.4 Å². The van der Waals surface area contributed by atoms with Gasteiger partial charge in [-0.3, -0.25) is 0 Å². The van der Waals surface area contributed by atoms with Gasteiger partial charge in [-0.15, -0.1) is 0 Å². The maximum absolute atomic E-state index is 12.5. The zero-order valence-electron chi connectivity index (χ0n) is 17.1. The van der Waals surface area contributed by atoms with Crippen molar-refractivity contribution in [3.63, 3.8) is 0 Å². The van der Waals surface area contributed by atoms with E-state index >= 15 is 0 Å². The standard InChI is InChI=1S/C20H25N5O3S/c1-12(2)15-10-21-17-16(15)18(23-11-22-17)24-13-7-6-8-14(9-13)29(27)25-19(26)28-20(3,4)5/h6-12H,1-5H3,(H,25,26)(H2,21,22,23,24). The smallest absolute Gasteiger partial charge is 0.419 e. The van der Waals surface area contributed by atoms with Gasteiger partial charge in [-0.25, -0.2) is 23.7 Å².